The number of nitriles is 1. The number of fused-ring (bicyclic) bond motifs is 1. The van der Waals surface area contributed by atoms with E-state index < -0.39 is 33.8 Å². The molecule has 13 heteroatoms. The number of ether oxygens (including phenoxy) is 1. The van der Waals surface area contributed by atoms with Crippen LogP contribution in [0.5, 0.6) is 0 Å². The summed E-state index contributed by atoms with van der Waals surface area (Å²) in [5.41, 5.74) is -0.673. The number of carbonyl (C=O) groups is 1. The number of aromatic nitrogens is 4. The van der Waals surface area contributed by atoms with Crippen LogP contribution in [0.4, 0.5) is 0 Å². The van der Waals surface area contributed by atoms with Crippen LogP contribution in [0, 0.1) is 11.3 Å². The van der Waals surface area contributed by atoms with E-state index in [9.17, 15) is 22.8 Å². The van der Waals surface area contributed by atoms with E-state index in [0.717, 1.165) is 6.42 Å². The van der Waals surface area contributed by atoms with E-state index in [4.69, 9.17) is 10.00 Å². The van der Waals surface area contributed by atoms with Crippen molar-refractivity contribution < 1.29 is 17.9 Å². The zero-order valence-corrected chi connectivity index (χ0v) is 18.8. The summed E-state index contributed by atoms with van der Waals surface area (Å²) in [6.45, 7) is 1.35. The fourth-order valence-corrected chi connectivity index (χ4v) is 4.12. The Labute approximate surface area is 188 Å². The molecule has 0 fully saturated rings. The molecule has 0 unspecified atom stereocenters. The van der Waals surface area contributed by atoms with Crippen LogP contribution in [0.25, 0.3) is 11.2 Å². The number of sulfonamides is 1. The summed E-state index contributed by atoms with van der Waals surface area (Å²) in [5, 5.41) is 8.90. The minimum atomic E-state index is -4.03. The van der Waals surface area contributed by atoms with Crippen LogP contribution in [0.15, 0.2) is 38.8 Å². The van der Waals surface area contributed by atoms with E-state index in [1.165, 1.54) is 33.4 Å². The van der Waals surface area contributed by atoms with Gasteiger partial charge < -0.3 is 9.30 Å². The predicted molar refractivity (Wildman–Crippen MR) is 117 cm³/mol. The van der Waals surface area contributed by atoms with Gasteiger partial charge in [0.25, 0.3) is 5.56 Å². The maximum Gasteiger partial charge on any atom is 0.330 e. The molecule has 2 N–H and O–H groups in total. The monoisotopic (exact) mass is 474 g/mol. The Morgan fingerprint density at radius 1 is 1.33 bits per heavy atom. The Hall–Kier alpha value is -3.76. The fourth-order valence-electron chi connectivity index (χ4n) is 3.11. The summed E-state index contributed by atoms with van der Waals surface area (Å²) in [6.07, 6.45) is 1.54. The second kappa shape index (κ2) is 9.80. The smallest absolute Gasteiger partial charge is 0.330 e. The Morgan fingerprint density at radius 3 is 2.79 bits per heavy atom. The molecule has 33 heavy (non-hydrogen) atoms. The molecule has 0 aliphatic carbocycles. The molecule has 0 bridgehead atoms. The average Bonchev–Trinajstić information content (AvgIpc) is 3.12. The van der Waals surface area contributed by atoms with Crippen molar-refractivity contribution in [2.24, 2.45) is 7.05 Å². The molecule has 2 aromatic heterocycles. The number of aryl methyl sites for hydroxylation is 2. The number of rotatable bonds is 9. The van der Waals surface area contributed by atoms with Gasteiger partial charge in [-0.1, -0.05) is 19.4 Å². The number of H-pyrrole nitrogens is 1. The quantitative estimate of drug-likeness (QED) is 0.412. The molecule has 0 atom stereocenters. The third-order valence-corrected chi connectivity index (χ3v) is 6.28. The van der Waals surface area contributed by atoms with Crippen LogP contribution in [-0.2, 0) is 39.8 Å². The Bertz CT molecular complexity index is 1460. The van der Waals surface area contributed by atoms with Crippen molar-refractivity contribution in [3.05, 3.63) is 56.5 Å². The lowest BCUT2D eigenvalue weighted by molar-refractivity contribution is -0.143. The maximum atomic E-state index is 12.3. The number of nitrogens with zero attached hydrogens (tertiary/aromatic N) is 4. The Balaban J connectivity index is 1.72. The van der Waals surface area contributed by atoms with Gasteiger partial charge in [0.15, 0.2) is 11.2 Å². The highest BCUT2D eigenvalue weighted by atomic mass is 32.2. The van der Waals surface area contributed by atoms with Crippen molar-refractivity contribution in [2.75, 3.05) is 6.54 Å². The summed E-state index contributed by atoms with van der Waals surface area (Å²) >= 11 is 0. The molecule has 3 aromatic rings. The van der Waals surface area contributed by atoms with Gasteiger partial charge in [0.05, 0.1) is 16.5 Å². The van der Waals surface area contributed by atoms with E-state index in [2.05, 4.69) is 14.7 Å². The van der Waals surface area contributed by atoms with Gasteiger partial charge in [0.1, 0.15) is 19.0 Å². The minimum absolute atomic E-state index is 0.158. The number of nitrogens with one attached hydrogen (secondary N) is 2. The van der Waals surface area contributed by atoms with Gasteiger partial charge in [0.2, 0.25) is 10.0 Å². The van der Waals surface area contributed by atoms with Crippen molar-refractivity contribution in [1.82, 2.24) is 23.8 Å². The average molecular weight is 474 g/mol. The second-order valence-corrected chi connectivity index (χ2v) is 8.92. The van der Waals surface area contributed by atoms with E-state index in [1.54, 1.807) is 7.05 Å². The molecule has 174 valence electrons. The van der Waals surface area contributed by atoms with Gasteiger partial charge >= 0.3 is 11.7 Å². The van der Waals surface area contributed by atoms with E-state index >= 15 is 0 Å². The normalized spacial score (nSPS) is 11.4. The third-order valence-electron chi connectivity index (χ3n) is 4.88. The van der Waals surface area contributed by atoms with E-state index in [0.29, 0.717) is 13.0 Å². The first-order chi connectivity index (χ1) is 15.7. The summed E-state index contributed by atoms with van der Waals surface area (Å²) in [4.78, 5) is 42.9. The van der Waals surface area contributed by atoms with Crippen LogP contribution >= 0.6 is 0 Å². The lowest BCUT2D eigenvalue weighted by atomic mass is 10.2. The zero-order chi connectivity index (χ0) is 24.2. The van der Waals surface area contributed by atoms with Crippen LogP contribution in [0.1, 0.15) is 31.2 Å². The van der Waals surface area contributed by atoms with Gasteiger partial charge in [-0.05, 0) is 24.6 Å². The standard InChI is InChI=1S/C20H22N6O6S/c1-3-4-8-26-18-17(19(28)24-20(26)29)25(2)15(23-18)12-32-16(27)11-22-33(30,31)14-7-5-6-13(9-14)10-21/h5-7,9,22H,3-4,8,11-12H2,1-2H3,(H,24,28,29). The summed E-state index contributed by atoms with van der Waals surface area (Å²) < 4.78 is 34.6. The van der Waals surface area contributed by atoms with E-state index in [1.807, 2.05) is 13.0 Å². The molecule has 0 saturated heterocycles. The van der Waals surface area contributed by atoms with Gasteiger partial charge in [-0.2, -0.15) is 9.98 Å². The largest absolute Gasteiger partial charge is 0.457 e. The number of hydrogen-bond donors (Lipinski definition) is 2. The highest BCUT2D eigenvalue weighted by molar-refractivity contribution is 7.89. The number of carbonyl (C=O) groups excluding carboxylic acids is 1. The first-order valence-corrected chi connectivity index (χ1v) is 11.5. The molecule has 3 rings (SSSR count). The predicted octanol–water partition coefficient (Wildman–Crippen LogP) is 0.117. The highest BCUT2D eigenvalue weighted by Gasteiger charge is 2.19. The lowest BCUT2D eigenvalue weighted by Crippen LogP contribution is -2.31. The second-order valence-electron chi connectivity index (χ2n) is 7.15. The topological polar surface area (TPSA) is 169 Å². The van der Waals surface area contributed by atoms with Crippen LogP contribution in [0.3, 0.4) is 0 Å². The van der Waals surface area contributed by atoms with Crippen molar-refractivity contribution >= 4 is 27.2 Å². The Kier molecular flexibility index (Phi) is 7.10. The van der Waals surface area contributed by atoms with Crippen LogP contribution in [-0.4, -0.2) is 40.0 Å². The maximum absolute atomic E-state index is 12.3. The lowest BCUT2D eigenvalue weighted by Gasteiger charge is -2.08. The number of aromatic amines is 1. The van der Waals surface area contributed by atoms with Crippen LogP contribution in [0.2, 0.25) is 0 Å². The summed E-state index contributed by atoms with van der Waals surface area (Å²) in [7, 11) is -2.48. The van der Waals surface area contributed by atoms with Crippen molar-refractivity contribution in [2.45, 2.75) is 37.8 Å². The van der Waals surface area contributed by atoms with Gasteiger partial charge in [0, 0.05) is 13.6 Å². The molecule has 1 aromatic carbocycles. The molecule has 0 amide bonds. The summed E-state index contributed by atoms with van der Waals surface area (Å²) in [5.74, 6) is -0.663. The number of benzene rings is 1. The third kappa shape index (κ3) is 5.18. The summed E-state index contributed by atoms with van der Waals surface area (Å²) in [6, 6.07) is 7.19. The molecule has 0 aliphatic rings. The minimum Gasteiger partial charge on any atom is -0.457 e. The van der Waals surface area contributed by atoms with Gasteiger partial charge in [-0.25, -0.2) is 18.2 Å². The number of esters is 1. The first kappa shape index (κ1) is 23.9. The number of unbranched alkanes of at least 4 members (excludes halogenated alkanes) is 1. The van der Waals surface area contributed by atoms with Crippen molar-refractivity contribution in [1.29, 1.82) is 5.26 Å². The molecule has 12 nitrogen and oxygen atoms in total. The molecule has 0 radical (unpaired) electrons. The fraction of sp³-hybridized carbons (Fsp3) is 0.350. The number of hydrogen-bond acceptors (Lipinski definition) is 8. The van der Waals surface area contributed by atoms with Gasteiger partial charge in [-0.15, -0.1) is 0 Å². The molecular formula is C20H22N6O6S. The molecule has 0 saturated carbocycles. The zero-order valence-electron chi connectivity index (χ0n) is 18.0. The van der Waals surface area contributed by atoms with Crippen LogP contribution < -0.4 is 16.0 Å². The molecule has 0 spiro atoms. The molecule has 0 aliphatic heterocycles. The number of imidazole rings is 1. The van der Waals surface area contributed by atoms with Gasteiger partial charge in [-0.3, -0.25) is 19.1 Å². The van der Waals surface area contributed by atoms with E-state index in [-0.39, 0.29) is 34.1 Å². The Morgan fingerprint density at radius 2 is 2.09 bits per heavy atom. The highest BCUT2D eigenvalue weighted by Crippen LogP contribution is 2.12. The SMILES string of the molecule is CCCCn1c(=O)[nH]c(=O)c2c1nc(COC(=O)CNS(=O)(=O)c1cccc(C#N)c1)n2C. The first-order valence-electron chi connectivity index (χ1n) is 10.0. The van der Waals surface area contributed by atoms with Crippen molar-refractivity contribution in [3.8, 4) is 6.07 Å². The molecular weight excluding hydrogens is 452 g/mol. The van der Waals surface area contributed by atoms with Crippen molar-refractivity contribution in [3.63, 3.8) is 0 Å². The molecule has 2 heterocycles.